The Morgan fingerprint density at radius 1 is 0.395 bits per heavy atom. The van der Waals surface area contributed by atoms with E-state index in [1.165, 1.54) is 64.1 Å². The fourth-order valence-corrected chi connectivity index (χ4v) is 12.6. The Labute approximate surface area is 444 Å². The lowest BCUT2D eigenvalue weighted by Crippen LogP contribution is -2.01. The maximum Gasteiger partial charge on any atom is 0.164 e. The Hall–Kier alpha value is -9.75. The second-order valence-electron chi connectivity index (χ2n) is 19.2. The standard InChI is InChI=1S/C70H47N5S/c1-3-4-33-61-45(2)53-40-42-58-59-43-41-57-56-31-17-19-35-63(56)74(65(57)67(59)76-66(58)64(53)75(61)62-34-18-16-30-55(62)48-25-12-7-13-26-48)52-38-36-49(37-39-52)68-71-69(51-28-20-27-50(44-51)46-21-8-5-9-22-46)73-70(72-68)60-32-15-14-29-54(60)47-23-10-6-11-24-47/h3-44H,1H2,2H3/b33-4-. The zero-order valence-corrected chi connectivity index (χ0v) is 42.4. The van der Waals surface area contributed by atoms with Crippen molar-refractivity contribution in [2.24, 2.45) is 0 Å². The van der Waals surface area contributed by atoms with Gasteiger partial charge in [0.2, 0.25) is 0 Å². The van der Waals surface area contributed by atoms with E-state index in [-0.39, 0.29) is 0 Å². The minimum atomic E-state index is 0.604. The molecule has 10 aromatic carbocycles. The minimum absolute atomic E-state index is 0.604. The first-order valence-corrected chi connectivity index (χ1v) is 26.4. The van der Waals surface area contributed by atoms with Gasteiger partial charge in [-0.3, -0.25) is 0 Å². The number of hydrogen-bond acceptors (Lipinski definition) is 4. The Morgan fingerprint density at radius 3 is 1.63 bits per heavy atom. The van der Waals surface area contributed by atoms with Gasteiger partial charge in [0.1, 0.15) is 0 Å². The number of para-hydroxylation sites is 2. The summed E-state index contributed by atoms with van der Waals surface area (Å²) in [6.45, 7) is 6.30. The SMILES string of the molecule is C=C/C=C\c1c(C)c2ccc3c4ccc5c6ccccc6n(-c6ccc(-c7nc(-c8cccc(-c9ccccc9)c8)nc(-c8ccccc8-c8ccccc8)n7)cc6)c5c4sc3c2n1-c1ccccc1-c1ccccc1. The molecule has 0 saturated carbocycles. The fourth-order valence-electron chi connectivity index (χ4n) is 11.2. The first kappa shape index (κ1) is 44.9. The van der Waals surface area contributed by atoms with Crippen molar-refractivity contribution in [2.45, 2.75) is 6.92 Å². The Kier molecular flexibility index (Phi) is 11.0. The quantitative estimate of drug-likeness (QED) is 0.128. The molecule has 0 aliphatic heterocycles. The molecule has 14 rings (SSSR count). The van der Waals surface area contributed by atoms with Crippen molar-refractivity contribution < 1.29 is 0 Å². The second kappa shape index (κ2) is 18.6. The summed E-state index contributed by atoms with van der Waals surface area (Å²) in [5, 5.41) is 6.13. The van der Waals surface area contributed by atoms with Gasteiger partial charge in [-0.15, -0.1) is 11.3 Å². The number of allylic oxidation sites excluding steroid dienone is 2. The topological polar surface area (TPSA) is 48.5 Å². The molecule has 0 aliphatic rings. The number of nitrogens with zero attached hydrogens (tertiary/aromatic N) is 5. The molecule has 0 amide bonds. The van der Waals surface area contributed by atoms with Gasteiger partial charge in [-0.2, -0.15) is 0 Å². The van der Waals surface area contributed by atoms with Crippen LogP contribution in [0, 0.1) is 6.92 Å². The van der Waals surface area contributed by atoms with Crippen molar-refractivity contribution in [1.82, 2.24) is 24.1 Å². The van der Waals surface area contributed by atoms with Crippen LogP contribution in [0.4, 0.5) is 0 Å². The number of rotatable bonds is 10. The maximum absolute atomic E-state index is 5.29. The fraction of sp³-hybridized carbons (Fsp3) is 0.0143. The number of fused-ring (bicyclic) bond motifs is 9. The zero-order chi connectivity index (χ0) is 50.7. The van der Waals surface area contributed by atoms with Gasteiger partial charge in [0, 0.05) is 60.6 Å². The van der Waals surface area contributed by atoms with Gasteiger partial charge >= 0.3 is 0 Å². The van der Waals surface area contributed by atoms with Crippen LogP contribution < -0.4 is 0 Å². The largest absolute Gasteiger partial charge is 0.308 e. The van der Waals surface area contributed by atoms with Crippen LogP contribution in [0.2, 0.25) is 0 Å². The molecule has 14 aromatic rings. The molecule has 0 N–H and O–H groups in total. The number of hydrogen-bond donors (Lipinski definition) is 0. The normalized spacial score (nSPS) is 11.8. The average molecular weight is 990 g/mol. The van der Waals surface area contributed by atoms with Crippen LogP contribution in [0.15, 0.2) is 255 Å². The third kappa shape index (κ3) is 7.49. The highest BCUT2D eigenvalue weighted by Gasteiger charge is 2.24. The number of aryl methyl sites for hydroxylation is 1. The van der Waals surface area contributed by atoms with Crippen molar-refractivity contribution in [3.63, 3.8) is 0 Å². The molecule has 5 nitrogen and oxygen atoms in total. The predicted octanol–water partition coefficient (Wildman–Crippen LogP) is 18.8. The molecular formula is C70H47N5S. The van der Waals surface area contributed by atoms with E-state index in [1.54, 1.807) is 0 Å². The van der Waals surface area contributed by atoms with E-state index in [9.17, 15) is 0 Å². The van der Waals surface area contributed by atoms with Crippen molar-refractivity contribution in [3.8, 4) is 78.9 Å². The first-order valence-electron chi connectivity index (χ1n) is 25.6. The van der Waals surface area contributed by atoms with E-state index < -0.39 is 0 Å². The molecular weight excluding hydrogens is 943 g/mol. The maximum atomic E-state index is 5.29. The molecule has 0 aliphatic carbocycles. The van der Waals surface area contributed by atoms with Gasteiger partial charge in [0.15, 0.2) is 17.5 Å². The lowest BCUT2D eigenvalue weighted by molar-refractivity contribution is 1.07. The highest BCUT2D eigenvalue weighted by atomic mass is 32.1. The first-order chi connectivity index (χ1) is 37.6. The van der Waals surface area contributed by atoms with Crippen molar-refractivity contribution in [3.05, 3.63) is 267 Å². The van der Waals surface area contributed by atoms with E-state index >= 15 is 0 Å². The molecule has 4 aromatic heterocycles. The Bertz CT molecular complexity index is 4580. The highest BCUT2D eigenvalue weighted by molar-refractivity contribution is 7.27. The van der Waals surface area contributed by atoms with Crippen LogP contribution in [0.25, 0.3) is 138 Å². The lowest BCUT2D eigenvalue weighted by Gasteiger charge is -2.15. The van der Waals surface area contributed by atoms with Crippen LogP contribution in [0.1, 0.15) is 11.3 Å². The van der Waals surface area contributed by atoms with Crippen LogP contribution in [0.3, 0.4) is 0 Å². The molecule has 0 unspecified atom stereocenters. The van der Waals surface area contributed by atoms with Gasteiger partial charge in [0.05, 0.1) is 31.6 Å². The van der Waals surface area contributed by atoms with E-state index in [1.807, 2.05) is 35.6 Å². The molecule has 0 spiro atoms. The summed E-state index contributed by atoms with van der Waals surface area (Å²) >= 11 is 1.89. The number of thiophene rings is 1. The van der Waals surface area contributed by atoms with Crippen LogP contribution in [0.5, 0.6) is 0 Å². The summed E-state index contributed by atoms with van der Waals surface area (Å²) in [7, 11) is 0. The number of benzene rings is 10. The monoisotopic (exact) mass is 989 g/mol. The van der Waals surface area contributed by atoms with Crippen molar-refractivity contribution in [2.75, 3.05) is 0 Å². The molecule has 0 atom stereocenters. The molecule has 76 heavy (non-hydrogen) atoms. The van der Waals surface area contributed by atoms with E-state index in [0.717, 1.165) is 61.5 Å². The van der Waals surface area contributed by atoms with Gasteiger partial charge in [-0.1, -0.05) is 213 Å². The van der Waals surface area contributed by atoms with Gasteiger partial charge in [-0.05, 0) is 88.8 Å². The van der Waals surface area contributed by atoms with E-state index in [4.69, 9.17) is 15.0 Å². The Balaban J connectivity index is 0.959. The van der Waals surface area contributed by atoms with Gasteiger partial charge < -0.3 is 9.13 Å². The smallest absolute Gasteiger partial charge is 0.164 e. The Morgan fingerprint density at radius 2 is 0.921 bits per heavy atom. The summed E-state index contributed by atoms with van der Waals surface area (Å²) in [6.07, 6.45) is 6.11. The van der Waals surface area contributed by atoms with Crippen LogP contribution in [-0.2, 0) is 0 Å². The summed E-state index contributed by atoms with van der Waals surface area (Å²) in [6, 6.07) is 84.1. The molecule has 4 heterocycles. The third-order valence-electron chi connectivity index (χ3n) is 14.8. The third-order valence-corrected chi connectivity index (χ3v) is 16.0. The summed E-state index contributed by atoms with van der Waals surface area (Å²) < 4.78 is 7.42. The van der Waals surface area contributed by atoms with Gasteiger partial charge in [-0.25, -0.2) is 15.0 Å². The molecule has 6 heteroatoms. The van der Waals surface area contributed by atoms with Crippen LogP contribution in [-0.4, -0.2) is 24.1 Å². The van der Waals surface area contributed by atoms with E-state index in [0.29, 0.717) is 17.5 Å². The average Bonchev–Trinajstić information content (AvgIpc) is 4.30. The number of aromatic nitrogens is 5. The second-order valence-corrected chi connectivity index (χ2v) is 20.2. The molecule has 0 bridgehead atoms. The summed E-state index contributed by atoms with van der Waals surface area (Å²) in [4.78, 5) is 15.8. The molecule has 0 saturated heterocycles. The molecule has 0 fully saturated rings. The van der Waals surface area contributed by atoms with E-state index in [2.05, 4.69) is 253 Å². The van der Waals surface area contributed by atoms with Gasteiger partial charge in [0.25, 0.3) is 0 Å². The molecule has 0 radical (unpaired) electrons. The summed E-state index contributed by atoms with van der Waals surface area (Å²) in [5.74, 6) is 1.83. The minimum Gasteiger partial charge on any atom is -0.308 e. The predicted molar refractivity (Wildman–Crippen MR) is 320 cm³/mol. The summed E-state index contributed by atoms with van der Waals surface area (Å²) in [5.41, 5.74) is 17.6. The lowest BCUT2D eigenvalue weighted by atomic mass is 9.99. The van der Waals surface area contributed by atoms with Crippen LogP contribution >= 0.6 is 11.3 Å². The van der Waals surface area contributed by atoms with Crippen molar-refractivity contribution >= 4 is 70.3 Å². The van der Waals surface area contributed by atoms with Crippen molar-refractivity contribution in [1.29, 1.82) is 0 Å². The highest BCUT2D eigenvalue weighted by Crippen LogP contribution is 2.48. The zero-order valence-electron chi connectivity index (χ0n) is 41.6. The molecule has 358 valence electrons.